The largest absolute Gasteiger partial charge is 0.384 e. The number of benzene rings is 2. The van der Waals surface area contributed by atoms with Gasteiger partial charge in [0.25, 0.3) is 0 Å². The zero-order chi connectivity index (χ0) is 20.7. The molecule has 1 aliphatic heterocycles. The fourth-order valence-corrected chi connectivity index (χ4v) is 4.64. The Morgan fingerprint density at radius 2 is 1.97 bits per heavy atom. The van der Waals surface area contributed by atoms with Gasteiger partial charge in [0.2, 0.25) is 0 Å². The smallest absolute Gasteiger partial charge is 0.161 e. The molecule has 0 amide bonds. The Bertz CT molecular complexity index is 1120. The lowest BCUT2D eigenvalue weighted by atomic mass is 9.74. The van der Waals surface area contributed by atoms with Gasteiger partial charge >= 0.3 is 0 Å². The van der Waals surface area contributed by atoms with Gasteiger partial charge in [-0.2, -0.15) is 5.26 Å². The SMILES string of the molecule is Cc1ccc(C2C(C#N)=C(N)N(c3cccc(Cl)c3)C3=C2C(=O)CCC3)c(C)c1. The first-order valence-electron chi connectivity index (χ1n) is 9.71. The number of hydrogen-bond donors (Lipinski definition) is 1. The van der Waals surface area contributed by atoms with Crippen molar-refractivity contribution in [2.24, 2.45) is 5.73 Å². The van der Waals surface area contributed by atoms with Crippen LogP contribution in [0, 0.1) is 25.2 Å². The van der Waals surface area contributed by atoms with Crippen LogP contribution >= 0.6 is 11.6 Å². The zero-order valence-electron chi connectivity index (χ0n) is 16.5. The van der Waals surface area contributed by atoms with E-state index >= 15 is 0 Å². The summed E-state index contributed by atoms with van der Waals surface area (Å²) in [6, 6.07) is 15.8. The maximum absolute atomic E-state index is 13.1. The predicted molar refractivity (Wildman–Crippen MR) is 115 cm³/mol. The van der Waals surface area contributed by atoms with E-state index in [0.29, 0.717) is 28.4 Å². The molecule has 1 heterocycles. The van der Waals surface area contributed by atoms with Gasteiger partial charge in [0.1, 0.15) is 5.82 Å². The zero-order valence-corrected chi connectivity index (χ0v) is 17.3. The molecule has 2 N–H and O–H groups in total. The minimum Gasteiger partial charge on any atom is -0.384 e. The number of hydrogen-bond acceptors (Lipinski definition) is 4. The third-order valence-electron chi connectivity index (χ3n) is 5.72. The number of aryl methyl sites for hydroxylation is 2. The van der Waals surface area contributed by atoms with Gasteiger partial charge in [-0.3, -0.25) is 9.69 Å². The molecule has 4 nitrogen and oxygen atoms in total. The molecule has 0 saturated heterocycles. The molecule has 5 heteroatoms. The lowest BCUT2D eigenvalue weighted by Gasteiger charge is -2.40. The summed E-state index contributed by atoms with van der Waals surface area (Å²) in [5, 5.41) is 10.6. The highest BCUT2D eigenvalue weighted by Gasteiger charge is 2.40. The predicted octanol–water partition coefficient (Wildman–Crippen LogP) is 5.26. The van der Waals surface area contributed by atoms with Gasteiger partial charge in [0, 0.05) is 28.4 Å². The van der Waals surface area contributed by atoms with Crippen LogP contribution < -0.4 is 10.6 Å². The Morgan fingerprint density at radius 1 is 1.17 bits per heavy atom. The van der Waals surface area contributed by atoms with Gasteiger partial charge in [0.15, 0.2) is 5.78 Å². The molecule has 2 aliphatic rings. The Hall–Kier alpha value is -3.03. The van der Waals surface area contributed by atoms with Crippen LogP contribution in [0.2, 0.25) is 5.02 Å². The lowest BCUT2D eigenvalue weighted by molar-refractivity contribution is -0.116. The Labute approximate surface area is 175 Å². The summed E-state index contributed by atoms with van der Waals surface area (Å²) in [6.45, 7) is 4.05. The monoisotopic (exact) mass is 403 g/mol. The minimum atomic E-state index is -0.432. The summed E-state index contributed by atoms with van der Waals surface area (Å²) in [7, 11) is 0. The third kappa shape index (κ3) is 3.22. The fraction of sp³-hybridized carbons (Fsp3) is 0.250. The van der Waals surface area contributed by atoms with Crippen LogP contribution in [0.25, 0.3) is 0 Å². The molecule has 0 bridgehead atoms. The first-order chi connectivity index (χ1) is 13.9. The molecular formula is C24H22ClN3O. The Kier molecular flexibility index (Phi) is 4.94. The molecule has 0 fully saturated rings. The summed E-state index contributed by atoms with van der Waals surface area (Å²) < 4.78 is 0. The van der Waals surface area contributed by atoms with E-state index in [-0.39, 0.29) is 5.78 Å². The molecule has 2 aromatic rings. The van der Waals surface area contributed by atoms with E-state index in [4.69, 9.17) is 17.3 Å². The number of nitriles is 1. The number of nitrogens with zero attached hydrogens (tertiary/aromatic N) is 2. The molecule has 0 saturated carbocycles. The van der Waals surface area contributed by atoms with Crippen molar-refractivity contribution in [1.82, 2.24) is 0 Å². The number of Topliss-reactive ketones (excluding diaryl/α,β-unsaturated/α-hetero) is 1. The van der Waals surface area contributed by atoms with Gasteiger partial charge in [0.05, 0.1) is 17.6 Å². The second-order valence-electron chi connectivity index (χ2n) is 7.66. The van der Waals surface area contributed by atoms with Gasteiger partial charge in [-0.15, -0.1) is 0 Å². The maximum Gasteiger partial charge on any atom is 0.161 e. The number of carbonyl (C=O) groups is 1. The molecule has 1 atom stereocenters. The summed E-state index contributed by atoms with van der Waals surface area (Å²) in [5.74, 6) is 0.0236. The van der Waals surface area contributed by atoms with Gasteiger partial charge in [-0.25, -0.2) is 0 Å². The standard InChI is InChI=1S/C24H22ClN3O/c1-14-9-10-18(15(2)11-14)22-19(13-26)24(27)28(17-6-3-5-16(25)12-17)20-7-4-8-21(29)23(20)22/h3,5-6,9-12,22H,4,7-8,27H2,1-2H3. The van der Waals surface area contributed by atoms with E-state index in [0.717, 1.165) is 40.9 Å². The first kappa shape index (κ1) is 19.3. The summed E-state index contributed by atoms with van der Waals surface area (Å²) >= 11 is 6.21. The summed E-state index contributed by atoms with van der Waals surface area (Å²) in [6.07, 6.45) is 1.99. The van der Waals surface area contributed by atoms with Crippen LogP contribution in [0.15, 0.2) is 65.1 Å². The van der Waals surface area contributed by atoms with Crippen molar-refractivity contribution in [1.29, 1.82) is 5.26 Å². The maximum atomic E-state index is 13.1. The average molecular weight is 404 g/mol. The first-order valence-corrected chi connectivity index (χ1v) is 10.1. The van der Waals surface area contributed by atoms with Crippen molar-refractivity contribution >= 4 is 23.1 Å². The molecule has 0 spiro atoms. The van der Waals surface area contributed by atoms with Gasteiger partial charge in [-0.05, 0) is 56.0 Å². The molecule has 146 valence electrons. The molecule has 29 heavy (non-hydrogen) atoms. The molecule has 0 aromatic heterocycles. The highest BCUT2D eigenvalue weighted by atomic mass is 35.5. The molecule has 1 unspecified atom stereocenters. The van der Waals surface area contributed by atoms with Crippen LogP contribution in [0.3, 0.4) is 0 Å². The van der Waals surface area contributed by atoms with Gasteiger partial charge < -0.3 is 5.73 Å². The average Bonchev–Trinajstić information content (AvgIpc) is 2.67. The number of ketones is 1. The van der Waals surface area contributed by atoms with Crippen LogP contribution in [0.1, 0.15) is 41.9 Å². The van der Waals surface area contributed by atoms with E-state index in [1.165, 1.54) is 0 Å². The van der Waals surface area contributed by atoms with E-state index in [1.807, 2.05) is 49.1 Å². The quantitative estimate of drug-likeness (QED) is 0.742. The topological polar surface area (TPSA) is 70.1 Å². The van der Waals surface area contributed by atoms with Crippen molar-refractivity contribution in [3.63, 3.8) is 0 Å². The fourth-order valence-electron chi connectivity index (χ4n) is 4.46. The van der Waals surface area contributed by atoms with E-state index in [9.17, 15) is 10.1 Å². The van der Waals surface area contributed by atoms with E-state index in [1.54, 1.807) is 6.07 Å². The second-order valence-corrected chi connectivity index (χ2v) is 8.09. The normalized spacial score (nSPS) is 19.3. The molecule has 2 aromatic carbocycles. The number of nitrogens with two attached hydrogens (primary N) is 1. The number of allylic oxidation sites excluding steroid dienone is 3. The number of halogens is 1. The number of rotatable bonds is 2. The Balaban J connectivity index is 1.99. The molecule has 4 rings (SSSR count). The van der Waals surface area contributed by atoms with Crippen molar-refractivity contribution in [2.75, 3.05) is 4.90 Å². The lowest BCUT2D eigenvalue weighted by Crippen LogP contribution is -2.38. The van der Waals surface area contributed by atoms with E-state index < -0.39 is 5.92 Å². The minimum absolute atomic E-state index is 0.0866. The van der Waals surface area contributed by atoms with Crippen LogP contribution in [-0.2, 0) is 4.79 Å². The van der Waals surface area contributed by atoms with Crippen LogP contribution in [-0.4, -0.2) is 5.78 Å². The van der Waals surface area contributed by atoms with Crippen LogP contribution in [0.5, 0.6) is 0 Å². The second kappa shape index (κ2) is 7.42. The number of anilines is 1. The number of carbonyl (C=O) groups excluding carboxylic acids is 1. The highest BCUT2D eigenvalue weighted by molar-refractivity contribution is 6.30. The van der Waals surface area contributed by atoms with Gasteiger partial charge in [-0.1, -0.05) is 41.4 Å². The van der Waals surface area contributed by atoms with Crippen molar-refractivity contribution in [3.05, 3.63) is 86.8 Å². The summed E-state index contributed by atoms with van der Waals surface area (Å²) in [4.78, 5) is 15.0. The molecule has 1 aliphatic carbocycles. The molecule has 0 radical (unpaired) electrons. The summed E-state index contributed by atoms with van der Waals surface area (Å²) in [5.41, 5.74) is 12.5. The third-order valence-corrected chi connectivity index (χ3v) is 5.95. The van der Waals surface area contributed by atoms with Crippen molar-refractivity contribution in [3.8, 4) is 6.07 Å². The van der Waals surface area contributed by atoms with Crippen LogP contribution in [0.4, 0.5) is 5.69 Å². The molecular weight excluding hydrogens is 382 g/mol. The van der Waals surface area contributed by atoms with Crippen molar-refractivity contribution < 1.29 is 4.79 Å². The van der Waals surface area contributed by atoms with Crippen molar-refractivity contribution in [2.45, 2.75) is 39.0 Å². The highest BCUT2D eigenvalue weighted by Crippen LogP contribution is 2.47. The van der Waals surface area contributed by atoms with E-state index in [2.05, 4.69) is 12.1 Å². The Morgan fingerprint density at radius 3 is 2.66 bits per heavy atom.